The number of pyridine rings is 1. The summed E-state index contributed by atoms with van der Waals surface area (Å²) in [5, 5.41) is 13.7. The van der Waals surface area contributed by atoms with Crippen LogP contribution in [0.5, 0.6) is 5.75 Å². The number of halogens is 2. The third-order valence-electron chi connectivity index (χ3n) is 4.62. The number of carbonyl (C=O) groups is 2. The molecule has 0 spiro atoms. The summed E-state index contributed by atoms with van der Waals surface area (Å²) in [6.45, 7) is 0.203. The molecule has 1 atom stereocenters. The predicted molar refractivity (Wildman–Crippen MR) is 126 cm³/mol. The Hall–Kier alpha value is -2.74. The number of rotatable bonds is 9. The maximum Gasteiger partial charge on any atom is 0.326 e. The van der Waals surface area contributed by atoms with E-state index in [-0.39, 0.29) is 13.0 Å². The second-order valence-corrected chi connectivity index (χ2v) is 8.37. The number of thioether (sulfide) groups is 1. The Balaban J connectivity index is 1.64. The molecule has 1 heterocycles. The lowest BCUT2D eigenvalue weighted by Gasteiger charge is -2.16. The molecule has 32 heavy (non-hydrogen) atoms. The minimum absolute atomic E-state index is 0.118. The Morgan fingerprint density at radius 1 is 1.09 bits per heavy atom. The van der Waals surface area contributed by atoms with Crippen LogP contribution in [0.2, 0.25) is 10.0 Å². The molecule has 2 aromatic carbocycles. The van der Waals surface area contributed by atoms with E-state index in [0.717, 1.165) is 5.56 Å². The zero-order valence-electron chi connectivity index (χ0n) is 17.0. The van der Waals surface area contributed by atoms with Crippen molar-refractivity contribution in [1.82, 2.24) is 10.3 Å². The van der Waals surface area contributed by atoms with E-state index in [4.69, 9.17) is 27.9 Å². The third-order valence-corrected chi connectivity index (χ3v) is 6.04. The number of ether oxygens (including phenoxy) is 1. The van der Waals surface area contributed by atoms with Crippen LogP contribution in [-0.4, -0.2) is 34.3 Å². The van der Waals surface area contributed by atoms with Gasteiger partial charge in [-0.1, -0.05) is 41.4 Å². The molecular weight excluding hydrogens is 471 g/mol. The Morgan fingerprint density at radius 2 is 1.78 bits per heavy atom. The van der Waals surface area contributed by atoms with Crippen molar-refractivity contribution in [2.75, 3.05) is 6.26 Å². The Bertz CT molecular complexity index is 1090. The normalized spacial score (nSPS) is 11.6. The molecule has 0 bridgehead atoms. The molecule has 1 unspecified atom stereocenters. The predicted octanol–water partition coefficient (Wildman–Crippen LogP) is 5.12. The van der Waals surface area contributed by atoms with Crippen molar-refractivity contribution in [3.05, 3.63) is 87.5 Å². The van der Waals surface area contributed by atoms with E-state index in [1.807, 2.05) is 0 Å². The van der Waals surface area contributed by atoms with Crippen LogP contribution in [0, 0.1) is 0 Å². The smallest absolute Gasteiger partial charge is 0.326 e. The molecule has 9 heteroatoms. The number of hydrogen-bond acceptors (Lipinski definition) is 5. The van der Waals surface area contributed by atoms with E-state index in [0.29, 0.717) is 31.9 Å². The number of nitrogens with one attached hydrogen (secondary N) is 1. The molecule has 2 N–H and O–H groups in total. The number of benzene rings is 2. The summed E-state index contributed by atoms with van der Waals surface area (Å²) in [5.41, 5.74) is 1.76. The molecule has 1 aromatic heterocycles. The summed E-state index contributed by atoms with van der Waals surface area (Å²) in [7, 11) is 0. The number of hydrogen-bond donors (Lipinski definition) is 2. The summed E-state index contributed by atoms with van der Waals surface area (Å²) < 4.78 is 5.74. The topological polar surface area (TPSA) is 88.5 Å². The first-order valence-electron chi connectivity index (χ1n) is 9.56. The average Bonchev–Trinajstić information content (AvgIpc) is 2.79. The van der Waals surface area contributed by atoms with Gasteiger partial charge in [-0.25, -0.2) is 9.78 Å². The van der Waals surface area contributed by atoms with Crippen molar-refractivity contribution < 1.29 is 19.4 Å². The maximum atomic E-state index is 12.6. The highest BCUT2D eigenvalue weighted by atomic mass is 35.5. The fraction of sp³-hybridized carbons (Fsp3) is 0.174. The van der Waals surface area contributed by atoms with Crippen LogP contribution in [0.1, 0.15) is 21.5 Å². The van der Waals surface area contributed by atoms with Crippen LogP contribution in [0.4, 0.5) is 0 Å². The highest BCUT2D eigenvalue weighted by Gasteiger charge is 2.22. The molecule has 0 aliphatic heterocycles. The minimum Gasteiger partial charge on any atom is -0.489 e. The van der Waals surface area contributed by atoms with E-state index in [9.17, 15) is 14.7 Å². The zero-order valence-corrected chi connectivity index (χ0v) is 19.4. The fourth-order valence-electron chi connectivity index (χ4n) is 2.95. The first kappa shape index (κ1) is 23.9. The van der Waals surface area contributed by atoms with Gasteiger partial charge in [-0.05, 0) is 48.2 Å². The molecule has 166 valence electrons. The van der Waals surface area contributed by atoms with Crippen LogP contribution in [-0.2, 0) is 17.8 Å². The van der Waals surface area contributed by atoms with Gasteiger partial charge in [-0.2, -0.15) is 0 Å². The van der Waals surface area contributed by atoms with E-state index in [1.54, 1.807) is 67.0 Å². The summed E-state index contributed by atoms with van der Waals surface area (Å²) in [4.78, 5) is 28.5. The Labute approximate surface area is 199 Å². The van der Waals surface area contributed by atoms with Crippen molar-refractivity contribution in [1.29, 1.82) is 0 Å². The molecule has 0 aliphatic carbocycles. The van der Waals surface area contributed by atoms with Crippen molar-refractivity contribution in [3.8, 4) is 5.75 Å². The second-order valence-electron chi connectivity index (χ2n) is 6.76. The fourth-order valence-corrected chi connectivity index (χ4v) is 4.00. The van der Waals surface area contributed by atoms with E-state index in [2.05, 4.69) is 10.3 Å². The van der Waals surface area contributed by atoms with E-state index < -0.39 is 17.9 Å². The number of aliphatic carboxylic acids is 1. The Kier molecular flexibility index (Phi) is 8.39. The monoisotopic (exact) mass is 490 g/mol. The standard InChI is InChI=1S/C23H20Cl2N2O4S/c1-32-22-16(4-3-11-26-22)21(28)27-20(23(29)30)12-14-7-9-15(10-8-14)31-13-17-18(24)5-2-6-19(17)25/h2-11,20H,12-13H2,1H3,(H,27,28)(H,29,30). The first-order chi connectivity index (χ1) is 15.4. The SMILES string of the molecule is CSc1ncccc1C(=O)NC(Cc1ccc(OCc2c(Cl)cccc2Cl)cc1)C(=O)O. The van der Waals surface area contributed by atoms with Crippen molar-refractivity contribution >= 4 is 46.8 Å². The van der Waals surface area contributed by atoms with Gasteiger partial charge >= 0.3 is 5.97 Å². The van der Waals surface area contributed by atoms with Gasteiger partial charge < -0.3 is 15.2 Å². The van der Waals surface area contributed by atoms with Gasteiger partial charge in [-0.15, -0.1) is 11.8 Å². The minimum atomic E-state index is -1.12. The largest absolute Gasteiger partial charge is 0.489 e. The lowest BCUT2D eigenvalue weighted by Crippen LogP contribution is -2.42. The molecule has 6 nitrogen and oxygen atoms in total. The van der Waals surface area contributed by atoms with E-state index in [1.165, 1.54) is 11.8 Å². The van der Waals surface area contributed by atoms with Crippen LogP contribution in [0.3, 0.4) is 0 Å². The number of carboxylic acids is 1. The second kappa shape index (κ2) is 11.2. The molecule has 0 aliphatic rings. The summed E-state index contributed by atoms with van der Waals surface area (Å²) >= 11 is 13.6. The quantitative estimate of drug-likeness (QED) is 0.405. The number of aromatic nitrogens is 1. The molecule has 3 rings (SSSR count). The summed E-state index contributed by atoms with van der Waals surface area (Å²) in [6.07, 6.45) is 3.50. The van der Waals surface area contributed by atoms with Gasteiger partial charge in [0.15, 0.2) is 0 Å². The van der Waals surface area contributed by atoms with Gasteiger partial charge in [0.2, 0.25) is 0 Å². The van der Waals surface area contributed by atoms with Crippen LogP contribution >= 0.6 is 35.0 Å². The number of nitrogens with zero attached hydrogens (tertiary/aromatic N) is 1. The lowest BCUT2D eigenvalue weighted by molar-refractivity contribution is -0.139. The zero-order chi connectivity index (χ0) is 23.1. The lowest BCUT2D eigenvalue weighted by atomic mass is 10.1. The van der Waals surface area contributed by atoms with Gasteiger partial charge in [0.05, 0.1) is 5.56 Å². The number of carboxylic acid groups (broad SMARTS) is 1. The van der Waals surface area contributed by atoms with Crippen LogP contribution in [0.25, 0.3) is 0 Å². The Morgan fingerprint density at radius 3 is 2.41 bits per heavy atom. The third kappa shape index (κ3) is 6.16. The highest BCUT2D eigenvalue weighted by Crippen LogP contribution is 2.26. The molecular formula is C23H20Cl2N2O4S. The van der Waals surface area contributed by atoms with Gasteiger partial charge in [0, 0.05) is 28.2 Å². The number of amides is 1. The summed E-state index contributed by atoms with van der Waals surface area (Å²) in [5.74, 6) is -1.02. The molecule has 3 aromatic rings. The van der Waals surface area contributed by atoms with Crippen LogP contribution in [0.15, 0.2) is 65.8 Å². The molecule has 0 saturated heterocycles. The first-order valence-corrected chi connectivity index (χ1v) is 11.5. The van der Waals surface area contributed by atoms with Gasteiger partial charge in [0.1, 0.15) is 23.4 Å². The van der Waals surface area contributed by atoms with E-state index >= 15 is 0 Å². The average molecular weight is 491 g/mol. The highest BCUT2D eigenvalue weighted by molar-refractivity contribution is 7.98. The van der Waals surface area contributed by atoms with Gasteiger partial charge in [-0.3, -0.25) is 4.79 Å². The van der Waals surface area contributed by atoms with Crippen molar-refractivity contribution in [2.24, 2.45) is 0 Å². The summed E-state index contributed by atoms with van der Waals surface area (Å²) in [6, 6.07) is 14.4. The molecule has 0 saturated carbocycles. The molecule has 0 radical (unpaired) electrons. The van der Waals surface area contributed by atoms with Crippen LogP contribution < -0.4 is 10.1 Å². The molecule has 1 amide bonds. The number of carbonyl (C=O) groups excluding carboxylic acids is 1. The molecule has 0 fully saturated rings. The van der Waals surface area contributed by atoms with Crippen molar-refractivity contribution in [3.63, 3.8) is 0 Å². The maximum absolute atomic E-state index is 12.6. The van der Waals surface area contributed by atoms with Crippen molar-refractivity contribution in [2.45, 2.75) is 24.1 Å². The van der Waals surface area contributed by atoms with Gasteiger partial charge in [0.25, 0.3) is 5.91 Å².